The van der Waals surface area contributed by atoms with Crippen molar-refractivity contribution in [3.05, 3.63) is 22.6 Å². The Labute approximate surface area is 109 Å². The molecule has 2 N–H and O–H groups in total. The van der Waals surface area contributed by atoms with Gasteiger partial charge in [-0.3, -0.25) is 4.79 Å². The van der Waals surface area contributed by atoms with Gasteiger partial charge in [0, 0.05) is 12.6 Å². The lowest BCUT2D eigenvalue weighted by molar-refractivity contribution is 0.0901. The van der Waals surface area contributed by atoms with Crippen LogP contribution in [0.2, 0.25) is 0 Å². The number of halogens is 2. The molecule has 0 unspecified atom stereocenters. The van der Waals surface area contributed by atoms with E-state index in [1.807, 2.05) is 0 Å². The van der Waals surface area contributed by atoms with Crippen LogP contribution in [0.25, 0.3) is 0 Å². The molecule has 1 aliphatic heterocycles. The molecule has 1 saturated heterocycles. The van der Waals surface area contributed by atoms with Gasteiger partial charge in [0.05, 0.1) is 0 Å². The van der Waals surface area contributed by atoms with Crippen molar-refractivity contribution >= 4 is 34.2 Å². The highest BCUT2D eigenvalue weighted by Crippen LogP contribution is 2.14. The minimum Gasteiger partial charge on any atom is -0.444 e. The molecule has 4 nitrogen and oxygen atoms in total. The SMILES string of the molecule is Cl.O=C(N[C@@H]1CCCNC1)c1ccc(Br)o1. The summed E-state index contributed by atoms with van der Waals surface area (Å²) in [6.45, 7) is 1.88. The molecule has 16 heavy (non-hydrogen) atoms. The smallest absolute Gasteiger partial charge is 0.287 e. The second kappa shape index (κ2) is 6.27. The van der Waals surface area contributed by atoms with E-state index in [4.69, 9.17) is 4.42 Å². The van der Waals surface area contributed by atoms with Gasteiger partial charge in [-0.2, -0.15) is 0 Å². The summed E-state index contributed by atoms with van der Waals surface area (Å²) >= 11 is 3.17. The minimum atomic E-state index is -0.144. The van der Waals surface area contributed by atoms with Crippen molar-refractivity contribution in [2.24, 2.45) is 0 Å². The third kappa shape index (κ3) is 3.50. The first-order valence-corrected chi connectivity index (χ1v) is 5.82. The highest BCUT2D eigenvalue weighted by Gasteiger charge is 2.17. The van der Waals surface area contributed by atoms with Crippen LogP contribution in [-0.2, 0) is 0 Å². The molecule has 0 saturated carbocycles. The summed E-state index contributed by atoms with van der Waals surface area (Å²) in [4.78, 5) is 11.7. The van der Waals surface area contributed by atoms with E-state index in [-0.39, 0.29) is 24.4 Å². The van der Waals surface area contributed by atoms with Crippen LogP contribution in [0, 0.1) is 0 Å². The minimum absolute atomic E-state index is 0. The number of rotatable bonds is 2. The largest absolute Gasteiger partial charge is 0.444 e. The second-order valence-electron chi connectivity index (χ2n) is 3.62. The summed E-state index contributed by atoms with van der Waals surface area (Å²) in [5, 5.41) is 6.17. The van der Waals surface area contributed by atoms with Crippen LogP contribution in [0.3, 0.4) is 0 Å². The zero-order valence-electron chi connectivity index (χ0n) is 8.66. The molecule has 1 aromatic rings. The van der Waals surface area contributed by atoms with E-state index >= 15 is 0 Å². The standard InChI is InChI=1S/C10H13BrN2O2.ClH/c11-9-4-3-8(15-9)10(14)13-7-2-1-5-12-6-7;/h3-4,7,12H,1-2,5-6H2,(H,13,14);1H/t7-;/m1./s1. The number of amides is 1. The maximum Gasteiger partial charge on any atom is 0.287 e. The zero-order valence-corrected chi connectivity index (χ0v) is 11.1. The molecule has 1 atom stereocenters. The third-order valence-corrected chi connectivity index (χ3v) is 2.86. The van der Waals surface area contributed by atoms with Crippen LogP contribution < -0.4 is 10.6 Å². The van der Waals surface area contributed by atoms with Crippen LogP contribution in [0.5, 0.6) is 0 Å². The van der Waals surface area contributed by atoms with E-state index in [9.17, 15) is 4.79 Å². The van der Waals surface area contributed by atoms with Gasteiger partial charge in [0.2, 0.25) is 0 Å². The number of carbonyl (C=O) groups excluding carboxylic acids is 1. The van der Waals surface area contributed by atoms with Gasteiger partial charge in [-0.15, -0.1) is 12.4 Å². The molecule has 0 radical (unpaired) electrons. The van der Waals surface area contributed by atoms with Crippen molar-refractivity contribution in [2.75, 3.05) is 13.1 Å². The van der Waals surface area contributed by atoms with Crippen LogP contribution in [-0.4, -0.2) is 25.0 Å². The Hall–Kier alpha value is -0.520. The van der Waals surface area contributed by atoms with Gasteiger partial charge in [0.25, 0.3) is 5.91 Å². The van der Waals surface area contributed by atoms with Crippen LogP contribution >= 0.6 is 28.3 Å². The highest BCUT2D eigenvalue weighted by atomic mass is 79.9. The van der Waals surface area contributed by atoms with Gasteiger partial charge >= 0.3 is 0 Å². The molecule has 1 amide bonds. The molecule has 1 aliphatic rings. The Morgan fingerprint density at radius 2 is 2.38 bits per heavy atom. The second-order valence-corrected chi connectivity index (χ2v) is 4.40. The summed E-state index contributed by atoms with van der Waals surface area (Å²) in [5.74, 6) is 0.210. The summed E-state index contributed by atoms with van der Waals surface area (Å²) in [6.07, 6.45) is 2.13. The molecule has 1 aromatic heterocycles. The van der Waals surface area contributed by atoms with E-state index < -0.39 is 0 Å². The third-order valence-electron chi connectivity index (χ3n) is 2.43. The Morgan fingerprint density at radius 3 is 2.94 bits per heavy atom. The molecule has 6 heteroatoms. The molecular formula is C10H14BrClN2O2. The van der Waals surface area contributed by atoms with Gasteiger partial charge in [0.1, 0.15) is 0 Å². The van der Waals surface area contributed by atoms with Crippen molar-refractivity contribution in [3.63, 3.8) is 0 Å². The molecule has 0 aromatic carbocycles. The average Bonchev–Trinajstić information content (AvgIpc) is 2.66. The van der Waals surface area contributed by atoms with E-state index in [1.165, 1.54) is 0 Å². The Kier molecular flexibility index (Phi) is 5.31. The van der Waals surface area contributed by atoms with E-state index in [2.05, 4.69) is 26.6 Å². The fourth-order valence-corrected chi connectivity index (χ4v) is 1.97. The molecule has 0 bridgehead atoms. The Balaban J connectivity index is 0.00000128. The highest BCUT2D eigenvalue weighted by molar-refractivity contribution is 9.10. The zero-order chi connectivity index (χ0) is 10.7. The monoisotopic (exact) mass is 308 g/mol. The first-order chi connectivity index (χ1) is 7.25. The van der Waals surface area contributed by atoms with Gasteiger partial charge in [0.15, 0.2) is 10.4 Å². The van der Waals surface area contributed by atoms with Crippen molar-refractivity contribution in [3.8, 4) is 0 Å². The molecule has 1 fully saturated rings. The van der Waals surface area contributed by atoms with Crippen molar-refractivity contribution in [2.45, 2.75) is 18.9 Å². The van der Waals surface area contributed by atoms with Gasteiger partial charge in [-0.05, 0) is 47.4 Å². The van der Waals surface area contributed by atoms with Crippen LogP contribution in [0.4, 0.5) is 0 Å². The number of carbonyl (C=O) groups is 1. The van der Waals surface area contributed by atoms with Crippen molar-refractivity contribution in [1.29, 1.82) is 0 Å². The van der Waals surface area contributed by atoms with Gasteiger partial charge in [-0.1, -0.05) is 0 Å². The molecule has 2 rings (SSSR count). The topological polar surface area (TPSA) is 54.3 Å². The van der Waals surface area contributed by atoms with Crippen LogP contribution in [0.1, 0.15) is 23.4 Å². The number of hydrogen-bond donors (Lipinski definition) is 2. The normalized spacial score (nSPS) is 19.9. The summed E-state index contributed by atoms with van der Waals surface area (Å²) in [6, 6.07) is 3.60. The Morgan fingerprint density at radius 1 is 1.56 bits per heavy atom. The molecule has 2 heterocycles. The first-order valence-electron chi connectivity index (χ1n) is 5.02. The number of hydrogen-bond acceptors (Lipinski definition) is 3. The lowest BCUT2D eigenvalue weighted by atomic mass is 10.1. The quantitative estimate of drug-likeness (QED) is 0.878. The number of furan rings is 1. The molecule has 0 spiro atoms. The van der Waals surface area contributed by atoms with E-state index in [0.717, 1.165) is 25.9 Å². The van der Waals surface area contributed by atoms with E-state index in [1.54, 1.807) is 12.1 Å². The maximum atomic E-state index is 11.7. The van der Waals surface area contributed by atoms with Crippen molar-refractivity contribution in [1.82, 2.24) is 10.6 Å². The van der Waals surface area contributed by atoms with Gasteiger partial charge in [-0.25, -0.2) is 0 Å². The average molecular weight is 310 g/mol. The first kappa shape index (κ1) is 13.5. The summed E-state index contributed by atoms with van der Waals surface area (Å²) in [7, 11) is 0. The van der Waals surface area contributed by atoms with E-state index in [0.29, 0.717) is 10.4 Å². The van der Waals surface area contributed by atoms with Crippen LogP contribution in [0.15, 0.2) is 21.2 Å². The number of piperidine rings is 1. The van der Waals surface area contributed by atoms with Gasteiger partial charge < -0.3 is 15.1 Å². The lowest BCUT2D eigenvalue weighted by Gasteiger charge is -2.23. The molecule has 0 aliphatic carbocycles. The maximum absolute atomic E-state index is 11.7. The fraction of sp³-hybridized carbons (Fsp3) is 0.500. The lowest BCUT2D eigenvalue weighted by Crippen LogP contribution is -2.45. The fourth-order valence-electron chi connectivity index (χ4n) is 1.67. The summed E-state index contributed by atoms with van der Waals surface area (Å²) < 4.78 is 5.75. The summed E-state index contributed by atoms with van der Waals surface area (Å²) in [5.41, 5.74) is 0. The molecular weight excluding hydrogens is 295 g/mol. The predicted molar refractivity (Wildman–Crippen MR) is 67.0 cm³/mol. The Bertz CT molecular complexity index is 350. The van der Waals surface area contributed by atoms with Crippen molar-refractivity contribution < 1.29 is 9.21 Å². The number of nitrogens with one attached hydrogen (secondary N) is 2. The molecule has 90 valence electrons. The predicted octanol–water partition coefficient (Wildman–Crippen LogP) is 1.95.